The quantitative estimate of drug-likeness (QED) is 0.893. The van der Waals surface area contributed by atoms with Crippen molar-refractivity contribution in [1.82, 2.24) is 15.0 Å². The van der Waals surface area contributed by atoms with Crippen LogP contribution in [0.25, 0.3) is 0 Å². The molecule has 2 unspecified atom stereocenters. The fraction of sp³-hybridized carbons (Fsp3) is 0.400. The number of aromatic nitrogens is 3. The monoisotopic (exact) mass is 254 g/mol. The van der Waals surface area contributed by atoms with E-state index in [0.29, 0.717) is 5.82 Å². The van der Waals surface area contributed by atoms with Crippen LogP contribution >= 0.6 is 0 Å². The maximum Gasteiger partial charge on any atom is 0.145 e. The molecular weight excluding hydrogens is 236 g/mol. The van der Waals surface area contributed by atoms with Crippen molar-refractivity contribution in [2.24, 2.45) is 5.73 Å². The van der Waals surface area contributed by atoms with Crippen LogP contribution in [0, 0.1) is 6.92 Å². The van der Waals surface area contributed by atoms with Gasteiger partial charge in [0.25, 0.3) is 0 Å². The highest BCUT2D eigenvalue weighted by atomic mass is 14.9. The van der Waals surface area contributed by atoms with Crippen molar-refractivity contribution < 1.29 is 0 Å². The van der Waals surface area contributed by atoms with Crippen molar-refractivity contribution in [3.63, 3.8) is 0 Å². The average molecular weight is 254 g/mol. The van der Waals surface area contributed by atoms with Crippen LogP contribution in [0.4, 0.5) is 0 Å². The molecule has 2 aromatic rings. The second kappa shape index (κ2) is 5.05. The fourth-order valence-electron chi connectivity index (χ4n) is 2.75. The summed E-state index contributed by atoms with van der Waals surface area (Å²) in [6, 6.07) is 3.97. The van der Waals surface area contributed by atoms with E-state index < -0.39 is 0 Å². The Hall–Kier alpha value is -1.81. The first-order valence-corrected chi connectivity index (χ1v) is 6.73. The van der Waals surface area contributed by atoms with E-state index >= 15 is 0 Å². The van der Waals surface area contributed by atoms with E-state index in [4.69, 9.17) is 5.73 Å². The van der Waals surface area contributed by atoms with Crippen LogP contribution in [-0.4, -0.2) is 15.0 Å². The van der Waals surface area contributed by atoms with Crippen LogP contribution in [0.2, 0.25) is 0 Å². The zero-order chi connectivity index (χ0) is 13.2. The predicted octanol–water partition coefficient (Wildman–Crippen LogP) is 2.30. The number of fused-ring (bicyclic) bond motifs is 1. The molecular formula is C15H18N4. The number of nitrogens with two attached hydrogens (primary N) is 1. The van der Waals surface area contributed by atoms with Gasteiger partial charge in [-0.2, -0.15) is 0 Å². The summed E-state index contributed by atoms with van der Waals surface area (Å²) in [5.41, 5.74) is 9.87. The number of hydrogen-bond acceptors (Lipinski definition) is 4. The van der Waals surface area contributed by atoms with Crippen molar-refractivity contribution >= 4 is 0 Å². The Bertz CT molecular complexity index is 565. The van der Waals surface area contributed by atoms with Gasteiger partial charge < -0.3 is 5.73 Å². The lowest BCUT2D eigenvalue weighted by molar-refractivity contribution is 0.448. The van der Waals surface area contributed by atoms with Gasteiger partial charge in [0.2, 0.25) is 0 Å². The van der Waals surface area contributed by atoms with Gasteiger partial charge in [-0.3, -0.25) is 4.98 Å². The molecule has 1 aliphatic carbocycles. The molecule has 0 radical (unpaired) electrons. The molecule has 0 bridgehead atoms. The second-order valence-electron chi connectivity index (χ2n) is 5.19. The van der Waals surface area contributed by atoms with Gasteiger partial charge >= 0.3 is 0 Å². The van der Waals surface area contributed by atoms with Gasteiger partial charge in [0.05, 0.1) is 6.04 Å². The van der Waals surface area contributed by atoms with E-state index in [0.717, 1.165) is 30.5 Å². The molecule has 0 saturated heterocycles. The van der Waals surface area contributed by atoms with Gasteiger partial charge in [0.15, 0.2) is 0 Å². The maximum absolute atomic E-state index is 6.37. The summed E-state index contributed by atoms with van der Waals surface area (Å²) in [6.07, 6.45) is 8.81. The van der Waals surface area contributed by atoms with E-state index in [1.807, 2.05) is 31.6 Å². The maximum atomic E-state index is 6.37. The summed E-state index contributed by atoms with van der Waals surface area (Å²) in [6.45, 7) is 1.98. The molecule has 2 N–H and O–H groups in total. The first kappa shape index (κ1) is 12.2. The number of aryl methyl sites for hydroxylation is 2. The molecule has 4 heteroatoms. The molecule has 0 spiro atoms. The van der Waals surface area contributed by atoms with Crippen LogP contribution in [0.1, 0.15) is 47.4 Å². The van der Waals surface area contributed by atoms with Gasteiger partial charge in [-0.05, 0) is 43.4 Å². The van der Waals surface area contributed by atoms with Crippen molar-refractivity contribution in [1.29, 1.82) is 0 Å². The highest BCUT2D eigenvalue weighted by Gasteiger charge is 2.29. The first-order valence-electron chi connectivity index (χ1n) is 6.73. The minimum atomic E-state index is -0.172. The Labute approximate surface area is 113 Å². The van der Waals surface area contributed by atoms with E-state index in [1.165, 1.54) is 5.56 Å². The summed E-state index contributed by atoms with van der Waals surface area (Å²) in [4.78, 5) is 13.3. The Kier molecular flexibility index (Phi) is 3.25. The Morgan fingerprint density at radius 2 is 2.05 bits per heavy atom. The van der Waals surface area contributed by atoms with Gasteiger partial charge in [-0.1, -0.05) is 6.07 Å². The molecule has 0 aromatic carbocycles. The SMILES string of the molecule is Cc1cnc(C(N)C2CCCc3cccnc32)nc1. The lowest BCUT2D eigenvalue weighted by atomic mass is 9.82. The Morgan fingerprint density at radius 3 is 2.84 bits per heavy atom. The predicted molar refractivity (Wildman–Crippen MR) is 73.6 cm³/mol. The van der Waals surface area contributed by atoms with Crippen LogP contribution in [0.15, 0.2) is 30.7 Å². The van der Waals surface area contributed by atoms with E-state index in [9.17, 15) is 0 Å². The smallest absolute Gasteiger partial charge is 0.145 e. The topological polar surface area (TPSA) is 64.7 Å². The summed E-state index contributed by atoms with van der Waals surface area (Å²) >= 11 is 0. The van der Waals surface area contributed by atoms with Crippen LogP contribution in [-0.2, 0) is 6.42 Å². The van der Waals surface area contributed by atoms with E-state index in [1.54, 1.807) is 0 Å². The number of nitrogens with zero attached hydrogens (tertiary/aromatic N) is 3. The molecule has 2 heterocycles. The lowest BCUT2D eigenvalue weighted by Gasteiger charge is -2.28. The highest BCUT2D eigenvalue weighted by molar-refractivity contribution is 5.28. The fourth-order valence-corrected chi connectivity index (χ4v) is 2.75. The van der Waals surface area contributed by atoms with E-state index in [2.05, 4.69) is 21.0 Å². The zero-order valence-corrected chi connectivity index (χ0v) is 11.1. The van der Waals surface area contributed by atoms with Gasteiger partial charge in [-0.25, -0.2) is 9.97 Å². The van der Waals surface area contributed by atoms with Crippen molar-refractivity contribution in [2.45, 2.75) is 38.1 Å². The van der Waals surface area contributed by atoms with Gasteiger partial charge in [0, 0.05) is 30.2 Å². The summed E-state index contributed by atoms with van der Waals surface area (Å²) < 4.78 is 0. The average Bonchev–Trinajstić information content (AvgIpc) is 2.47. The number of rotatable bonds is 2. The van der Waals surface area contributed by atoms with E-state index in [-0.39, 0.29) is 12.0 Å². The lowest BCUT2D eigenvalue weighted by Crippen LogP contribution is -2.26. The van der Waals surface area contributed by atoms with Gasteiger partial charge in [-0.15, -0.1) is 0 Å². The molecule has 2 atom stereocenters. The molecule has 0 aliphatic heterocycles. The van der Waals surface area contributed by atoms with Crippen LogP contribution < -0.4 is 5.73 Å². The summed E-state index contributed by atoms with van der Waals surface area (Å²) in [7, 11) is 0. The third kappa shape index (κ3) is 2.36. The molecule has 0 amide bonds. The number of hydrogen-bond donors (Lipinski definition) is 1. The number of pyridine rings is 1. The molecule has 3 rings (SSSR count). The molecule has 2 aromatic heterocycles. The van der Waals surface area contributed by atoms with Crippen molar-refractivity contribution in [2.75, 3.05) is 0 Å². The molecule has 0 saturated carbocycles. The van der Waals surface area contributed by atoms with Crippen molar-refractivity contribution in [3.8, 4) is 0 Å². The minimum Gasteiger partial charge on any atom is -0.321 e. The van der Waals surface area contributed by atoms with Crippen LogP contribution in [0.5, 0.6) is 0 Å². The molecule has 19 heavy (non-hydrogen) atoms. The standard InChI is InChI=1S/C15H18N4/c1-10-8-18-15(19-9-10)13(16)12-6-2-4-11-5-3-7-17-14(11)12/h3,5,7-9,12-13H,2,4,6,16H2,1H3. The third-order valence-corrected chi connectivity index (χ3v) is 3.77. The van der Waals surface area contributed by atoms with Gasteiger partial charge in [0.1, 0.15) is 5.82 Å². The highest BCUT2D eigenvalue weighted by Crippen LogP contribution is 2.36. The Morgan fingerprint density at radius 1 is 1.26 bits per heavy atom. The van der Waals surface area contributed by atoms with Crippen molar-refractivity contribution in [3.05, 3.63) is 53.4 Å². The van der Waals surface area contributed by atoms with Crippen LogP contribution in [0.3, 0.4) is 0 Å². The summed E-state index contributed by atoms with van der Waals surface area (Å²) in [5, 5.41) is 0. The first-order chi connectivity index (χ1) is 9.25. The largest absolute Gasteiger partial charge is 0.321 e. The Balaban J connectivity index is 1.92. The normalized spacial score (nSPS) is 19.8. The molecule has 4 nitrogen and oxygen atoms in total. The minimum absolute atomic E-state index is 0.172. The zero-order valence-electron chi connectivity index (χ0n) is 11.1. The second-order valence-corrected chi connectivity index (χ2v) is 5.19. The molecule has 0 fully saturated rings. The molecule has 98 valence electrons. The molecule has 1 aliphatic rings. The third-order valence-electron chi connectivity index (χ3n) is 3.77. The summed E-state index contributed by atoms with van der Waals surface area (Å²) in [5.74, 6) is 0.946.